The zero-order valence-electron chi connectivity index (χ0n) is 12.4. The highest BCUT2D eigenvalue weighted by Gasteiger charge is 2.15. The second-order valence-electron chi connectivity index (χ2n) is 4.94. The number of amides is 1. The van der Waals surface area contributed by atoms with E-state index in [1.165, 1.54) is 24.3 Å². The summed E-state index contributed by atoms with van der Waals surface area (Å²) < 4.78 is 5.50. The summed E-state index contributed by atoms with van der Waals surface area (Å²) >= 11 is 0. The first-order valence-electron chi connectivity index (χ1n) is 6.83. The van der Waals surface area contributed by atoms with E-state index in [0.29, 0.717) is 11.4 Å². The van der Waals surface area contributed by atoms with Gasteiger partial charge in [-0.2, -0.15) is 0 Å². The van der Waals surface area contributed by atoms with Gasteiger partial charge in [0.15, 0.2) is 6.10 Å². The molecular formula is C17H17NO4. The predicted octanol–water partition coefficient (Wildman–Crippen LogP) is 3.10. The second-order valence-corrected chi connectivity index (χ2v) is 4.94. The molecule has 0 fully saturated rings. The summed E-state index contributed by atoms with van der Waals surface area (Å²) in [6.45, 7) is 3.60. The van der Waals surface area contributed by atoms with Crippen LogP contribution in [0.4, 0.5) is 5.69 Å². The van der Waals surface area contributed by atoms with Gasteiger partial charge in [-0.3, -0.25) is 4.79 Å². The largest absolute Gasteiger partial charge is 0.481 e. The van der Waals surface area contributed by atoms with Gasteiger partial charge in [-0.15, -0.1) is 0 Å². The summed E-state index contributed by atoms with van der Waals surface area (Å²) in [4.78, 5) is 22.8. The van der Waals surface area contributed by atoms with Crippen molar-refractivity contribution in [3.8, 4) is 5.75 Å². The third-order valence-electron chi connectivity index (χ3n) is 3.10. The minimum Gasteiger partial charge on any atom is -0.481 e. The highest BCUT2D eigenvalue weighted by molar-refractivity contribution is 5.94. The molecule has 5 heteroatoms. The van der Waals surface area contributed by atoms with Crippen molar-refractivity contribution in [1.29, 1.82) is 0 Å². The molecular weight excluding hydrogens is 282 g/mol. The van der Waals surface area contributed by atoms with Gasteiger partial charge in [-0.05, 0) is 50.2 Å². The normalized spacial score (nSPS) is 11.5. The lowest BCUT2D eigenvalue weighted by atomic mass is 10.2. The molecule has 0 aromatic heterocycles. The minimum atomic E-state index is -1.00. The predicted molar refractivity (Wildman–Crippen MR) is 83.3 cm³/mol. The van der Waals surface area contributed by atoms with Crippen molar-refractivity contribution in [2.24, 2.45) is 0 Å². The van der Waals surface area contributed by atoms with Gasteiger partial charge < -0.3 is 15.2 Å². The van der Waals surface area contributed by atoms with E-state index in [1.807, 2.05) is 31.2 Å². The van der Waals surface area contributed by atoms with Crippen molar-refractivity contribution in [3.05, 3.63) is 59.7 Å². The van der Waals surface area contributed by atoms with Gasteiger partial charge in [-0.1, -0.05) is 17.7 Å². The summed E-state index contributed by atoms with van der Waals surface area (Å²) in [7, 11) is 0. The first-order valence-corrected chi connectivity index (χ1v) is 6.83. The molecule has 114 valence electrons. The molecule has 0 aliphatic heterocycles. The summed E-state index contributed by atoms with van der Waals surface area (Å²) in [5.41, 5.74) is 1.98. The molecule has 0 heterocycles. The van der Waals surface area contributed by atoms with Crippen LogP contribution >= 0.6 is 0 Å². The molecule has 2 rings (SSSR count). The lowest BCUT2D eigenvalue weighted by Gasteiger charge is -2.15. The molecule has 22 heavy (non-hydrogen) atoms. The van der Waals surface area contributed by atoms with Crippen molar-refractivity contribution < 1.29 is 19.4 Å². The molecule has 5 nitrogen and oxygen atoms in total. The minimum absolute atomic E-state index is 0.170. The zero-order valence-corrected chi connectivity index (χ0v) is 12.4. The van der Waals surface area contributed by atoms with Crippen LogP contribution in [0, 0.1) is 6.92 Å². The van der Waals surface area contributed by atoms with E-state index in [9.17, 15) is 9.59 Å². The van der Waals surface area contributed by atoms with Crippen LogP contribution in [0.15, 0.2) is 48.5 Å². The molecule has 1 unspecified atom stereocenters. The molecule has 1 atom stereocenters. The van der Waals surface area contributed by atoms with Gasteiger partial charge in [0.1, 0.15) is 5.75 Å². The molecule has 0 saturated heterocycles. The maximum atomic E-state index is 12.0. The molecule has 2 aromatic carbocycles. The Balaban J connectivity index is 1.95. The van der Waals surface area contributed by atoms with E-state index in [1.54, 1.807) is 6.92 Å². The Morgan fingerprint density at radius 2 is 1.64 bits per heavy atom. The standard InChI is InChI=1S/C17H17NO4/c1-11-3-7-14(8-4-11)18-16(19)12(2)22-15-9-5-13(6-10-15)17(20)21/h3-10,12H,1-2H3,(H,18,19)(H,20,21). The van der Waals surface area contributed by atoms with E-state index < -0.39 is 12.1 Å². The third-order valence-corrected chi connectivity index (χ3v) is 3.10. The van der Waals surface area contributed by atoms with E-state index in [4.69, 9.17) is 9.84 Å². The molecule has 0 saturated carbocycles. The summed E-state index contributed by atoms with van der Waals surface area (Å²) in [6.07, 6.45) is -0.697. The number of aromatic carboxylic acids is 1. The van der Waals surface area contributed by atoms with Crippen LogP contribution in [0.25, 0.3) is 0 Å². The van der Waals surface area contributed by atoms with Gasteiger partial charge in [0.25, 0.3) is 5.91 Å². The molecule has 0 radical (unpaired) electrons. The molecule has 2 aromatic rings. The van der Waals surface area contributed by atoms with Crippen molar-refractivity contribution >= 4 is 17.6 Å². The maximum absolute atomic E-state index is 12.0. The number of anilines is 1. The number of carbonyl (C=O) groups is 2. The molecule has 0 bridgehead atoms. The number of rotatable bonds is 5. The number of hydrogen-bond acceptors (Lipinski definition) is 3. The molecule has 2 N–H and O–H groups in total. The Labute approximate surface area is 128 Å². The lowest BCUT2D eigenvalue weighted by molar-refractivity contribution is -0.122. The van der Waals surface area contributed by atoms with Crippen LogP contribution < -0.4 is 10.1 Å². The van der Waals surface area contributed by atoms with Crippen molar-refractivity contribution in [2.45, 2.75) is 20.0 Å². The number of nitrogens with one attached hydrogen (secondary N) is 1. The third kappa shape index (κ3) is 4.09. The maximum Gasteiger partial charge on any atom is 0.335 e. The number of ether oxygens (including phenoxy) is 1. The Hall–Kier alpha value is -2.82. The molecule has 0 spiro atoms. The Kier molecular flexibility index (Phi) is 4.78. The van der Waals surface area contributed by atoms with Gasteiger partial charge >= 0.3 is 5.97 Å². The average Bonchev–Trinajstić information content (AvgIpc) is 2.50. The van der Waals surface area contributed by atoms with E-state index in [-0.39, 0.29) is 11.5 Å². The Morgan fingerprint density at radius 3 is 2.18 bits per heavy atom. The van der Waals surface area contributed by atoms with Crippen LogP contribution in [0.1, 0.15) is 22.8 Å². The van der Waals surface area contributed by atoms with Gasteiger partial charge in [0, 0.05) is 5.69 Å². The highest BCUT2D eigenvalue weighted by Crippen LogP contribution is 2.15. The van der Waals surface area contributed by atoms with Crippen LogP contribution in [0.2, 0.25) is 0 Å². The Morgan fingerprint density at radius 1 is 1.05 bits per heavy atom. The monoisotopic (exact) mass is 299 g/mol. The van der Waals surface area contributed by atoms with Crippen LogP contribution in [-0.4, -0.2) is 23.1 Å². The molecule has 0 aliphatic rings. The van der Waals surface area contributed by atoms with Crippen LogP contribution in [0.5, 0.6) is 5.75 Å². The first-order chi connectivity index (χ1) is 10.5. The fourth-order valence-electron chi connectivity index (χ4n) is 1.81. The average molecular weight is 299 g/mol. The van der Waals surface area contributed by atoms with Gasteiger partial charge in [0.2, 0.25) is 0 Å². The number of carboxylic acid groups (broad SMARTS) is 1. The number of hydrogen-bond donors (Lipinski definition) is 2. The topological polar surface area (TPSA) is 75.6 Å². The smallest absolute Gasteiger partial charge is 0.335 e. The van der Waals surface area contributed by atoms with E-state index in [2.05, 4.69) is 5.32 Å². The SMILES string of the molecule is Cc1ccc(NC(=O)C(C)Oc2ccc(C(=O)O)cc2)cc1. The number of carbonyl (C=O) groups excluding carboxylic acids is 1. The van der Waals surface area contributed by atoms with Crippen molar-refractivity contribution in [3.63, 3.8) is 0 Å². The van der Waals surface area contributed by atoms with Gasteiger partial charge in [-0.25, -0.2) is 4.79 Å². The summed E-state index contributed by atoms with van der Waals surface area (Å²) in [5, 5.41) is 11.6. The van der Waals surface area contributed by atoms with E-state index in [0.717, 1.165) is 5.56 Å². The first kappa shape index (κ1) is 15.6. The molecule has 1 amide bonds. The van der Waals surface area contributed by atoms with E-state index >= 15 is 0 Å². The number of benzene rings is 2. The Bertz CT molecular complexity index is 662. The second kappa shape index (κ2) is 6.76. The number of carboxylic acids is 1. The van der Waals surface area contributed by atoms with Crippen LogP contribution in [-0.2, 0) is 4.79 Å². The lowest BCUT2D eigenvalue weighted by Crippen LogP contribution is -2.30. The summed E-state index contributed by atoms with van der Waals surface area (Å²) in [6, 6.07) is 13.4. The summed E-state index contributed by atoms with van der Waals surface area (Å²) in [5.74, 6) is -0.834. The quantitative estimate of drug-likeness (QED) is 0.889. The highest BCUT2D eigenvalue weighted by atomic mass is 16.5. The fourth-order valence-corrected chi connectivity index (χ4v) is 1.81. The van der Waals surface area contributed by atoms with Crippen molar-refractivity contribution in [2.75, 3.05) is 5.32 Å². The van der Waals surface area contributed by atoms with Crippen LogP contribution in [0.3, 0.4) is 0 Å². The zero-order chi connectivity index (χ0) is 16.1. The number of aryl methyl sites for hydroxylation is 1. The molecule has 0 aliphatic carbocycles. The van der Waals surface area contributed by atoms with Gasteiger partial charge in [0.05, 0.1) is 5.56 Å². The van der Waals surface area contributed by atoms with Crippen molar-refractivity contribution in [1.82, 2.24) is 0 Å². The fraction of sp³-hybridized carbons (Fsp3) is 0.176.